The average Bonchev–Trinajstić information content (AvgIpc) is 2.27. The fourth-order valence-corrected chi connectivity index (χ4v) is 1.23. The minimum absolute atomic E-state index is 0.762. The van der Waals surface area contributed by atoms with E-state index in [0.29, 0.717) is 0 Å². The maximum atomic E-state index is 10.5. The second kappa shape index (κ2) is 6.02. The Hall–Kier alpha value is -1.57. The summed E-state index contributed by atoms with van der Waals surface area (Å²) in [6, 6.07) is 8.34. The summed E-state index contributed by atoms with van der Waals surface area (Å²) >= 11 is 0. The Morgan fingerprint density at radius 2 is 2.00 bits per heavy atom. The average molecular weight is 203 g/mol. The standard InChI is InChI=1S/C13H17NO/c1-3-12(10-15)8-14-9-13-6-4-11(2)5-7-13/h4-8,10,14H,3,9H2,1-2H3/b12-8+. The van der Waals surface area contributed by atoms with E-state index in [1.807, 2.05) is 6.92 Å². The highest BCUT2D eigenvalue weighted by Gasteiger charge is 1.92. The van der Waals surface area contributed by atoms with Gasteiger partial charge in [-0.1, -0.05) is 36.8 Å². The number of carbonyl (C=O) groups is 1. The lowest BCUT2D eigenvalue weighted by Crippen LogP contribution is -2.06. The molecule has 0 aromatic heterocycles. The van der Waals surface area contributed by atoms with Crippen LogP contribution in [0.5, 0.6) is 0 Å². The number of aldehydes is 1. The van der Waals surface area contributed by atoms with Crippen molar-refractivity contribution in [3.8, 4) is 0 Å². The van der Waals surface area contributed by atoms with Crippen molar-refractivity contribution in [2.45, 2.75) is 26.8 Å². The second-order valence-corrected chi connectivity index (χ2v) is 3.56. The smallest absolute Gasteiger partial charge is 0.147 e. The Morgan fingerprint density at radius 3 is 2.53 bits per heavy atom. The SMILES string of the molecule is CC/C(C=O)=C\NCc1ccc(C)cc1. The van der Waals surface area contributed by atoms with Crippen molar-refractivity contribution < 1.29 is 4.79 Å². The third-order valence-electron chi connectivity index (χ3n) is 2.27. The molecule has 1 rings (SSSR count). The summed E-state index contributed by atoms with van der Waals surface area (Å²) in [5.74, 6) is 0. The first kappa shape index (κ1) is 11.5. The maximum absolute atomic E-state index is 10.5. The van der Waals surface area contributed by atoms with Gasteiger partial charge in [-0.15, -0.1) is 0 Å². The van der Waals surface area contributed by atoms with Crippen molar-refractivity contribution in [1.82, 2.24) is 5.32 Å². The van der Waals surface area contributed by atoms with Gasteiger partial charge in [-0.3, -0.25) is 4.79 Å². The maximum Gasteiger partial charge on any atom is 0.147 e. The van der Waals surface area contributed by atoms with Gasteiger partial charge >= 0.3 is 0 Å². The van der Waals surface area contributed by atoms with E-state index in [1.54, 1.807) is 6.20 Å². The van der Waals surface area contributed by atoms with Crippen molar-refractivity contribution in [2.75, 3.05) is 0 Å². The first-order valence-electron chi connectivity index (χ1n) is 5.19. The molecule has 0 unspecified atom stereocenters. The van der Waals surface area contributed by atoms with Gasteiger partial charge in [0, 0.05) is 18.3 Å². The predicted molar refractivity (Wildman–Crippen MR) is 62.5 cm³/mol. The Bertz CT molecular complexity index is 338. The number of benzene rings is 1. The van der Waals surface area contributed by atoms with Crippen LogP contribution < -0.4 is 5.32 Å². The van der Waals surface area contributed by atoms with Crippen LogP contribution in [0.15, 0.2) is 36.0 Å². The van der Waals surface area contributed by atoms with Crippen LogP contribution in [0.1, 0.15) is 24.5 Å². The zero-order chi connectivity index (χ0) is 11.1. The van der Waals surface area contributed by atoms with Crippen LogP contribution in [0.3, 0.4) is 0 Å². The zero-order valence-corrected chi connectivity index (χ0v) is 9.29. The van der Waals surface area contributed by atoms with E-state index in [-0.39, 0.29) is 0 Å². The van der Waals surface area contributed by atoms with Gasteiger partial charge in [0.25, 0.3) is 0 Å². The van der Waals surface area contributed by atoms with Crippen molar-refractivity contribution in [2.24, 2.45) is 0 Å². The lowest BCUT2D eigenvalue weighted by Gasteiger charge is -2.02. The Kier molecular flexibility index (Phi) is 4.61. The third kappa shape index (κ3) is 3.98. The molecule has 0 aliphatic rings. The monoisotopic (exact) mass is 203 g/mol. The van der Waals surface area contributed by atoms with Crippen molar-refractivity contribution >= 4 is 6.29 Å². The van der Waals surface area contributed by atoms with Gasteiger partial charge in [0.2, 0.25) is 0 Å². The lowest BCUT2D eigenvalue weighted by atomic mass is 10.1. The number of rotatable bonds is 5. The minimum Gasteiger partial charge on any atom is -0.386 e. The number of allylic oxidation sites excluding steroid dienone is 1. The molecule has 0 atom stereocenters. The number of aryl methyl sites for hydroxylation is 1. The molecule has 2 nitrogen and oxygen atoms in total. The molecule has 0 spiro atoms. The van der Waals surface area contributed by atoms with E-state index in [4.69, 9.17) is 0 Å². The third-order valence-corrected chi connectivity index (χ3v) is 2.27. The van der Waals surface area contributed by atoms with E-state index in [2.05, 4.69) is 36.5 Å². The molecule has 0 radical (unpaired) electrons. The van der Waals surface area contributed by atoms with Crippen LogP contribution >= 0.6 is 0 Å². The summed E-state index contributed by atoms with van der Waals surface area (Å²) in [6.45, 7) is 4.80. The molecule has 0 saturated carbocycles. The molecule has 80 valence electrons. The number of hydrogen-bond donors (Lipinski definition) is 1. The summed E-state index contributed by atoms with van der Waals surface area (Å²) in [7, 11) is 0. The summed E-state index contributed by atoms with van der Waals surface area (Å²) in [6.07, 6.45) is 3.44. The molecule has 0 saturated heterocycles. The van der Waals surface area contributed by atoms with E-state index in [9.17, 15) is 4.79 Å². The van der Waals surface area contributed by atoms with Gasteiger partial charge < -0.3 is 5.32 Å². The van der Waals surface area contributed by atoms with E-state index < -0.39 is 0 Å². The van der Waals surface area contributed by atoms with Gasteiger partial charge in [-0.25, -0.2) is 0 Å². The molecule has 0 aliphatic heterocycles. The Balaban J connectivity index is 2.47. The molecular formula is C13H17NO. The number of hydrogen-bond acceptors (Lipinski definition) is 2. The predicted octanol–water partition coefficient (Wildman–Crippen LogP) is 2.58. The molecule has 0 aliphatic carbocycles. The molecule has 15 heavy (non-hydrogen) atoms. The summed E-state index contributed by atoms with van der Waals surface area (Å²) < 4.78 is 0. The van der Waals surface area contributed by atoms with Crippen molar-refractivity contribution in [1.29, 1.82) is 0 Å². The number of carbonyl (C=O) groups excluding carboxylic acids is 1. The second-order valence-electron chi connectivity index (χ2n) is 3.56. The minimum atomic E-state index is 0.762. The highest BCUT2D eigenvalue weighted by molar-refractivity contribution is 5.72. The largest absolute Gasteiger partial charge is 0.386 e. The molecule has 0 fully saturated rings. The topological polar surface area (TPSA) is 29.1 Å². The molecule has 0 amide bonds. The molecule has 0 bridgehead atoms. The first-order valence-corrected chi connectivity index (χ1v) is 5.19. The van der Waals surface area contributed by atoms with Gasteiger partial charge in [0.1, 0.15) is 6.29 Å². The molecule has 1 aromatic rings. The molecule has 1 aromatic carbocycles. The summed E-state index contributed by atoms with van der Waals surface area (Å²) in [5, 5.41) is 3.13. The van der Waals surface area contributed by atoms with E-state index in [1.165, 1.54) is 11.1 Å². The van der Waals surface area contributed by atoms with Gasteiger partial charge in [0.15, 0.2) is 0 Å². The molecular weight excluding hydrogens is 186 g/mol. The van der Waals surface area contributed by atoms with Crippen LogP contribution in [0, 0.1) is 6.92 Å². The quantitative estimate of drug-likeness (QED) is 0.588. The highest BCUT2D eigenvalue weighted by atomic mass is 16.1. The van der Waals surface area contributed by atoms with Gasteiger partial charge in [-0.2, -0.15) is 0 Å². The van der Waals surface area contributed by atoms with Crippen molar-refractivity contribution in [3.63, 3.8) is 0 Å². The van der Waals surface area contributed by atoms with Crippen LogP contribution in [0.2, 0.25) is 0 Å². The summed E-state index contributed by atoms with van der Waals surface area (Å²) in [5.41, 5.74) is 3.27. The van der Waals surface area contributed by atoms with E-state index >= 15 is 0 Å². The van der Waals surface area contributed by atoms with Crippen LogP contribution in [0.25, 0.3) is 0 Å². The normalized spacial score (nSPS) is 11.2. The Labute approximate surface area is 91.0 Å². The fraction of sp³-hybridized carbons (Fsp3) is 0.308. The summed E-state index contributed by atoms with van der Waals surface area (Å²) in [4.78, 5) is 10.5. The lowest BCUT2D eigenvalue weighted by molar-refractivity contribution is -0.105. The van der Waals surface area contributed by atoms with Gasteiger partial charge in [-0.05, 0) is 18.9 Å². The van der Waals surface area contributed by atoms with Gasteiger partial charge in [0.05, 0.1) is 0 Å². The molecule has 1 N–H and O–H groups in total. The Morgan fingerprint density at radius 1 is 1.33 bits per heavy atom. The van der Waals surface area contributed by atoms with Crippen LogP contribution in [0.4, 0.5) is 0 Å². The molecule has 0 heterocycles. The van der Waals surface area contributed by atoms with E-state index in [0.717, 1.165) is 24.8 Å². The first-order chi connectivity index (χ1) is 7.26. The molecule has 2 heteroatoms. The number of nitrogens with one attached hydrogen (secondary N) is 1. The fourth-order valence-electron chi connectivity index (χ4n) is 1.23. The van der Waals surface area contributed by atoms with Crippen LogP contribution in [-0.4, -0.2) is 6.29 Å². The zero-order valence-electron chi connectivity index (χ0n) is 9.29. The highest BCUT2D eigenvalue weighted by Crippen LogP contribution is 2.02. The van der Waals surface area contributed by atoms with Crippen LogP contribution in [-0.2, 0) is 11.3 Å². The van der Waals surface area contributed by atoms with Crippen molar-refractivity contribution in [3.05, 3.63) is 47.2 Å².